The molecule has 19 heavy (non-hydrogen) atoms. The fourth-order valence-corrected chi connectivity index (χ4v) is 1.70. The lowest BCUT2D eigenvalue weighted by molar-refractivity contribution is -0.384. The predicted molar refractivity (Wildman–Crippen MR) is 69.5 cm³/mol. The Morgan fingerprint density at radius 1 is 1.53 bits per heavy atom. The first-order valence-electron chi connectivity index (χ1n) is 5.88. The number of nitrogens with one attached hydrogen (secondary N) is 1. The third-order valence-electron chi connectivity index (χ3n) is 2.77. The lowest BCUT2D eigenvalue weighted by Crippen LogP contribution is -2.20. The number of nitrogens with zero attached hydrogens (tertiary/aromatic N) is 1. The van der Waals surface area contributed by atoms with Crippen LogP contribution in [-0.4, -0.2) is 33.8 Å². The Kier molecular flexibility index (Phi) is 5.25. The highest BCUT2D eigenvalue weighted by atomic mass is 16.6. The largest absolute Gasteiger partial charge is 0.478 e. The van der Waals surface area contributed by atoms with Crippen molar-refractivity contribution < 1.29 is 19.9 Å². The van der Waals surface area contributed by atoms with Gasteiger partial charge in [0, 0.05) is 18.7 Å². The molecule has 0 fully saturated rings. The Labute approximate surface area is 110 Å². The molecule has 0 aliphatic heterocycles. The van der Waals surface area contributed by atoms with Crippen LogP contribution in [0.5, 0.6) is 0 Å². The zero-order chi connectivity index (χ0) is 14.4. The van der Waals surface area contributed by atoms with E-state index >= 15 is 0 Å². The Hall–Kier alpha value is -2.15. The van der Waals surface area contributed by atoms with Crippen molar-refractivity contribution >= 4 is 17.3 Å². The van der Waals surface area contributed by atoms with Gasteiger partial charge >= 0.3 is 5.97 Å². The maximum Gasteiger partial charge on any atom is 0.335 e. The van der Waals surface area contributed by atoms with Crippen molar-refractivity contribution in [2.24, 2.45) is 0 Å². The monoisotopic (exact) mass is 268 g/mol. The highest BCUT2D eigenvalue weighted by Crippen LogP contribution is 2.27. The summed E-state index contributed by atoms with van der Waals surface area (Å²) >= 11 is 0. The molecular formula is C12H16N2O5. The zero-order valence-corrected chi connectivity index (χ0v) is 10.5. The standard InChI is InChI=1S/C12H16N2O5/c1-2-9(5-6-15)13-10-7-8(12(16)17)3-4-11(10)14(18)19/h3-4,7,9,13,15H,2,5-6H2,1H3,(H,16,17). The topological polar surface area (TPSA) is 113 Å². The molecule has 3 N–H and O–H groups in total. The molecule has 0 aliphatic rings. The molecule has 7 heteroatoms. The summed E-state index contributed by atoms with van der Waals surface area (Å²) in [5.74, 6) is -1.15. The Balaban J connectivity index is 3.09. The van der Waals surface area contributed by atoms with Crippen LogP contribution in [-0.2, 0) is 0 Å². The number of aliphatic hydroxyl groups excluding tert-OH is 1. The summed E-state index contributed by atoms with van der Waals surface area (Å²) in [6.07, 6.45) is 1.10. The van der Waals surface area contributed by atoms with Gasteiger partial charge in [0.25, 0.3) is 5.69 Å². The van der Waals surface area contributed by atoms with Gasteiger partial charge in [0.2, 0.25) is 0 Å². The first-order chi connectivity index (χ1) is 8.99. The smallest absolute Gasteiger partial charge is 0.335 e. The van der Waals surface area contributed by atoms with Crippen LogP contribution in [0.4, 0.5) is 11.4 Å². The van der Waals surface area contributed by atoms with Gasteiger partial charge in [-0.15, -0.1) is 0 Å². The van der Waals surface area contributed by atoms with Crippen LogP contribution >= 0.6 is 0 Å². The summed E-state index contributed by atoms with van der Waals surface area (Å²) in [7, 11) is 0. The predicted octanol–water partition coefficient (Wildman–Crippen LogP) is 1.87. The summed E-state index contributed by atoms with van der Waals surface area (Å²) < 4.78 is 0. The van der Waals surface area contributed by atoms with Crippen molar-refractivity contribution in [2.75, 3.05) is 11.9 Å². The third kappa shape index (κ3) is 3.92. The van der Waals surface area contributed by atoms with E-state index in [0.717, 1.165) is 6.07 Å². The molecule has 0 aliphatic carbocycles. The number of hydrogen-bond acceptors (Lipinski definition) is 5. The van der Waals surface area contributed by atoms with Crippen LogP contribution < -0.4 is 5.32 Å². The molecule has 1 atom stereocenters. The number of benzene rings is 1. The number of carboxylic acid groups (broad SMARTS) is 1. The van der Waals surface area contributed by atoms with Gasteiger partial charge in [-0.3, -0.25) is 10.1 Å². The average molecular weight is 268 g/mol. The van der Waals surface area contributed by atoms with Gasteiger partial charge in [0.1, 0.15) is 5.69 Å². The number of carbonyl (C=O) groups is 1. The number of aliphatic hydroxyl groups is 1. The van der Waals surface area contributed by atoms with Crippen LogP contribution in [0.1, 0.15) is 30.1 Å². The summed E-state index contributed by atoms with van der Waals surface area (Å²) in [4.78, 5) is 21.2. The maximum atomic E-state index is 10.9. The quantitative estimate of drug-likeness (QED) is 0.514. The van der Waals surface area contributed by atoms with Gasteiger partial charge in [0.05, 0.1) is 10.5 Å². The molecule has 0 amide bonds. The fraction of sp³-hybridized carbons (Fsp3) is 0.417. The lowest BCUT2D eigenvalue weighted by Gasteiger charge is -2.17. The molecule has 7 nitrogen and oxygen atoms in total. The van der Waals surface area contributed by atoms with Crippen LogP contribution in [0.15, 0.2) is 18.2 Å². The van der Waals surface area contributed by atoms with E-state index in [4.69, 9.17) is 10.2 Å². The molecule has 104 valence electrons. The van der Waals surface area contributed by atoms with Crippen LogP contribution in [0, 0.1) is 10.1 Å². The normalized spacial score (nSPS) is 11.9. The highest BCUT2D eigenvalue weighted by Gasteiger charge is 2.18. The van der Waals surface area contributed by atoms with Gasteiger partial charge in [-0.25, -0.2) is 4.79 Å². The summed E-state index contributed by atoms with van der Waals surface area (Å²) in [5.41, 5.74) is -0.0430. The van der Waals surface area contributed by atoms with E-state index in [2.05, 4.69) is 5.32 Å². The van der Waals surface area contributed by atoms with Gasteiger partial charge in [-0.05, 0) is 25.0 Å². The van der Waals surface area contributed by atoms with Crippen molar-refractivity contribution in [3.8, 4) is 0 Å². The Bertz CT molecular complexity index is 475. The fourth-order valence-electron chi connectivity index (χ4n) is 1.70. The minimum atomic E-state index is -1.15. The molecule has 1 aromatic carbocycles. The van der Waals surface area contributed by atoms with Crippen molar-refractivity contribution in [1.82, 2.24) is 0 Å². The molecule has 1 unspecified atom stereocenters. The summed E-state index contributed by atoms with van der Waals surface area (Å²) in [6, 6.07) is 3.45. The zero-order valence-electron chi connectivity index (χ0n) is 10.5. The molecule has 0 spiro atoms. The molecule has 0 bridgehead atoms. The second kappa shape index (κ2) is 6.69. The molecule has 0 saturated carbocycles. The van der Waals surface area contributed by atoms with Crippen molar-refractivity contribution in [3.63, 3.8) is 0 Å². The molecule has 1 aromatic rings. The van der Waals surface area contributed by atoms with Crippen LogP contribution in [0.3, 0.4) is 0 Å². The van der Waals surface area contributed by atoms with Gasteiger partial charge in [-0.1, -0.05) is 6.92 Å². The second-order valence-electron chi connectivity index (χ2n) is 4.06. The van der Waals surface area contributed by atoms with E-state index in [1.807, 2.05) is 6.92 Å². The molecule has 0 heterocycles. The molecular weight excluding hydrogens is 252 g/mol. The minimum Gasteiger partial charge on any atom is -0.478 e. The summed E-state index contributed by atoms with van der Waals surface area (Å²) in [6.45, 7) is 1.83. The molecule has 0 radical (unpaired) electrons. The van der Waals surface area contributed by atoms with Crippen molar-refractivity contribution in [3.05, 3.63) is 33.9 Å². The lowest BCUT2D eigenvalue weighted by atomic mass is 10.1. The van der Waals surface area contributed by atoms with E-state index in [0.29, 0.717) is 12.8 Å². The van der Waals surface area contributed by atoms with E-state index in [-0.39, 0.29) is 29.6 Å². The van der Waals surface area contributed by atoms with Crippen molar-refractivity contribution in [1.29, 1.82) is 0 Å². The van der Waals surface area contributed by atoms with E-state index in [1.165, 1.54) is 12.1 Å². The van der Waals surface area contributed by atoms with E-state index in [1.54, 1.807) is 0 Å². The highest BCUT2D eigenvalue weighted by molar-refractivity contribution is 5.90. The number of nitro groups is 1. The van der Waals surface area contributed by atoms with E-state index in [9.17, 15) is 14.9 Å². The van der Waals surface area contributed by atoms with Gasteiger partial charge < -0.3 is 15.5 Å². The number of rotatable bonds is 7. The Morgan fingerprint density at radius 3 is 2.68 bits per heavy atom. The molecule has 1 rings (SSSR count). The molecule has 0 aromatic heterocycles. The first kappa shape index (κ1) is 14.9. The number of nitro benzene ring substituents is 1. The summed E-state index contributed by atoms with van der Waals surface area (Å²) in [5, 5.41) is 31.6. The van der Waals surface area contributed by atoms with Gasteiger partial charge in [-0.2, -0.15) is 0 Å². The first-order valence-corrected chi connectivity index (χ1v) is 5.88. The van der Waals surface area contributed by atoms with Crippen LogP contribution in [0.2, 0.25) is 0 Å². The number of aromatic carboxylic acids is 1. The van der Waals surface area contributed by atoms with Crippen molar-refractivity contribution in [2.45, 2.75) is 25.8 Å². The molecule has 0 saturated heterocycles. The van der Waals surface area contributed by atoms with E-state index < -0.39 is 10.9 Å². The maximum absolute atomic E-state index is 10.9. The number of hydrogen-bond donors (Lipinski definition) is 3. The minimum absolute atomic E-state index is 0.0213. The average Bonchev–Trinajstić information content (AvgIpc) is 2.37. The second-order valence-corrected chi connectivity index (χ2v) is 4.06. The van der Waals surface area contributed by atoms with Crippen LogP contribution in [0.25, 0.3) is 0 Å². The Morgan fingerprint density at radius 2 is 2.21 bits per heavy atom. The van der Waals surface area contributed by atoms with Gasteiger partial charge in [0.15, 0.2) is 0 Å². The third-order valence-corrected chi connectivity index (χ3v) is 2.77. The number of anilines is 1. The SMILES string of the molecule is CCC(CCO)Nc1cc(C(=O)O)ccc1[N+](=O)[O-]. The number of carboxylic acids is 1.